The Morgan fingerprint density at radius 1 is 0.852 bits per heavy atom. The molecule has 0 fully saturated rings. The summed E-state index contributed by atoms with van der Waals surface area (Å²) < 4.78 is 0. The van der Waals surface area contributed by atoms with Crippen LogP contribution in [0.4, 0.5) is 0 Å². The van der Waals surface area contributed by atoms with Crippen molar-refractivity contribution in [3.63, 3.8) is 0 Å². The number of amides is 1. The molecule has 0 bridgehead atoms. The molecule has 1 atom stereocenters. The lowest BCUT2D eigenvalue weighted by Gasteiger charge is -2.17. The zero-order chi connectivity index (χ0) is 19.1. The van der Waals surface area contributed by atoms with Gasteiger partial charge in [0.1, 0.15) is 6.04 Å². The highest BCUT2D eigenvalue weighted by molar-refractivity contribution is 5.76. The lowest BCUT2D eigenvalue weighted by Crippen LogP contribution is -2.87. The molecule has 0 aliphatic rings. The molecule has 3 nitrogen and oxygen atoms in total. The average molecular weight is 359 g/mol. The normalized spacial score (nSPS) is 11.8. The van der Waals surface area contributed by atoms with Gasteiger partial charge >= 0.3 is 0 Å². The van der Waals surface area contributed by atoms with Gasteiger partial charge in [-0.2, -0.15) is 0 Å². The Kier molecular flexibility index (Phi) is 6.39. The molecule has 0 saturated carbocycles. The molecule has 3 N–H and O–H groups in total. The van der Waals surface area contributed by atoms with E-state index in [0.717, 1.165) is 5.56 Å². The quantitative estimate of drug-likeness (QED) is 0.668. The summed E-state index contributed by atoms with van der Waals surface area (Å²) in [6.07, 6.45) is 0. The summed E-state index contributed by atoms with van der Waals surface area (Å²) in [6.45, 7) is 5.11. The second-order valence-corrected chi connectivity index (χ2v) is 6.94. The van der Waals surface area contributed by atoms with Crippen molar-refractivity contribution in [1.82, 2.24) is 5.32 Å². The van der Waals surface area contributed by atoms with Gasteiger partial charge in [0, 0.05) is 17.7 Å². The van der Waals surface area contributed by atoms with Gasteiger partial charge < -0.3 is 10.6 Å². The third-order valence-corrected chi connectivity index (χ3v) is 4.87. The van der Waals surface area contributed by atoms with Crippen molar-refractivity contribution >= 4 is 5.91 Å². The number of rotatable bonds is 7. The van der Waals surface area contributed by atoms with Crippen molar-refractivity contribution in [3.05, 3.63) is 107 Å². The molecule has 0 radical (unpaired) electrons. The second-order valence-electron chi connectivity index (χ2n) is 6.94. The molecule has 3 aromatic rings. The van der Waals surface area contributed by atoms with Crippen LogP contribution in [0.15, 0.2) is 78.9 Å². The van der Waals surface area contributed by atoms with Gasteiger partial charge in [-0.25, -0.2) is 0 Å². The smallest absolute Gasteiger partial charge is 0.275 e. The standard InChI is InChI=1S/C24H26N2O/c1-18-12-14-21(15-13-18)24(20-9-4-3-5-10-20)26-17-23(27)25-16-22-11-7-6-8-19(22)2/h3-15,24,26H,16-17H2,1-2H3,(H,25,27)/p+1/t24-/m0/s1. The average Bonchev–Trinajstić information content (AvgIpc) is 2.69. The number of aryl methyl sites for hydroxylation is 2. The molecule has 0 aliphatic carbocycles. The van der Waals surface area contributed by atoms with E-state index in [1.807, 2.05) is 30.3 Å². The predicted molar refractivity (Wildman–Crippen MR) is 109 cm³/mol. The minimum absolute atomic E-state index is 0.0475. The van der Waals surface area contributed by atoms with Crippen molar-refractivity contribution in [2.24, 2.45) is 0 Å². The van der Waals surface area contributed by atoms with E-state index < -0.39 is 0 Å². The second kappa shape index (κ2) is 9.15. The molecule has 0 unspecified atom stereocenters. The SMILES string of the molecule is Cc1ccc([C@@H]([NH2+]CC(=O)NCc2ccccc2C)c2ccccc2)cc1. The molecule has 3 rings (SSSR count). The summed E-state index contributed by atoms with van der Waals surface area (Å²) in [6, 6.07) is 27.1. The first-order chi connectivity index (χ1) is 13.1. The Morgan fingerprint density at radius 2 is 1.48 bits per heavy atom. The van der Waals surface area contributed by atoms with Crippen LogP contribution in [0.2, 0.25) is 0 Å². The van der Waals surface area contributed by atoms with Crippen molar-refractivity contribution < 1.29 is 10.1 Å². The Bertz CT molecular complexity index is 872. The summed E-state index contributed by atoms with van der Waals surface area (Å²) in [7, 11) is 0. The van der Waals surface area contributed by atoms with Crippen molar-refractivity contribution in [2.45, 2.75) is 26.4 Å². The van der Waals surface area contributed by atoms with Gasteiger partial charge in [0.15, 0.2) is 6.54 Å². The van der Waals surface area contributed by atoms with E-state index in [1.165, 1.54) is 22.3 Å². The minimum Gasteiger partial charge on any atom is -0.347 e. The van der Waals surface area contributed by atoms with Gasteiger partial charge in [0.25, 0.3) is 5.91 Å². The molecule has 138 valence electrons. The predicted octanol–water partition coefficient (Wildman–Crippen LogP) is 3.27. The first-order valence-corrected chi connectivity index (χ1v) is 9.39. The molecule has 27 heavy (non-hydrogen) atoms. The van der Waals surface area contributed by atoms with Crippen LogP contribution in [0.1, 0.15) is 33.9 Å². The fourth-order valence-corrected chi connectivity index (χ4v) is 3.20. The van der Waals surface area contributed by atoms with Crippen molar-refractivity contribution in [1.29, 1.82) is 0 Å². The molecule has 0 heterocycles. The fraction of sp³-hybridized carbons (Fsp3) is 0.208. The number of quaternary nitrogens is 1. The highest BCUT2D eigenvalue weighted by Gasteiger charge is 2.18. The molecule has 3 heteroatoms. The Morgan fingerprint density at radius 3 is 2.19 bits per heavy atom. The van der Waals surface area contributed by atoms with Crippen molar-refractivity contribution in [3.8, 4) is 0 Å². The summed E-state index contributed by atoms with van der Waals surface area (Å²) in [5, 5.41) is 5.14. The van der Waals surface area contributed by atoms with Gasteiger partial charge in [0.2, 0.25) is 0 Å². The van der Waals surface area contributed by atoms with Crippen LogP contribution in [0.25, 0.3) is 0 Å². The number of benzene rings is 3. The minimum atomic E-state index is 0.0475. The van der Waals surface area contributed by atoms with Crippen LogP contribution in [0.5, 0.6) is 0 Å². The van der Waals surface area contributed by atoms with Gasteiger partial charge in [-0.1, -0.05) is 84.4 Å². The molecule has 0 aliphatic heterocycles. The van der Waals surface area contributed by atoms with Gasteiger partial charge in [-0.05, 0) is 25.0 Å². The Balaban J connectivity index is 1.65. The highest BCUT2D eigenvalue weighted by Crippen LogP contribution is 2.18. The molecular weight excluding hydrogens is 332 g/mol. The lowest BCUT2D eigenvalue weighted by atomic mass is 9.98. The molecule has 0 saturated heterocycles. The van der Waals surface area contributed by atoms with E-state index in [-0.39, 0.29) is 11.9 Å². The van der Waals surface area contributed by atoms with Crippen LogP contribution >= 0.6 is 0 Å². The van der Waals surface area contributed by atoms with Crippen LogP contribution in [0, 0.1) is 13.8 Å². The lowest BCUT2D eigenvalue weighted by molar-refractivity contribution is -0.676. The van der Waals surface area contributed by atoms with Gasteiger partial charge in [-0.3, -0.25) is 4.79 Å². The maximum Gasteiger partial charge on any atom is 0.275 e. The van der Waals surface area contributed by atoms with Crippen LogP contribution in [-0.4, -0.2) is 12.5 Å². The topological polar surface area (TPSA) is 45.7 Å². The molecule has 1 amide bonds. The zero-order valence-electron chi connectivity index (χ0n) is 16.0. The van der Waals surface area contributed by atoms with E-state index in [1.54, 1.807) is 0 Å². The zero-order valence-corrected chi connectivity index (χ0v) is 16.0. The van der Waals surface area contributed by atoms with E-state index in [0.29, 0.717) is 13.1 Å². The Hall–Kier alpha value is -2.91. The van der Waals surface area contributed by atoms with E-state index in [2.05, 4.69) is 73.0 Å². The van der Waals surface area contributed by atoms with Gasteiger partial charge in [-0.15, -0.1) is 0 Å². The summed E-state index contributed by atoms with van der Waals surface area (Å²) in [5.41, 5.74) is 6.00. The van der Waals surface area contributed by atoms with E-state index in [4.69, 9.17) is 0 Å². The monoisotopic (exact) mass is 359 g/mol. The van der Waals surface area contributed by atoms with E-state index in [9.17, 15) is 4.79 Å². The number of carbonyl (C=O) groups is 1. The fourth-order valence-electron chi connectivity index (χ4n) is 3.20. The van der Waals surface area contributed by atoms with Gasteiger partial charge in [0.05, 0.1) is 0 Å². The van der Waals surface area contributed by atoms with E-state index >= 15 is 0 Å². The maximum absolute atomic E-state index is 12.4. The number of carbonyl (C=O) groups excluding carboxylic acids is 1. The van der Waals surface area contributed by atoms with Crippen LogP contribution < -0.4 is 10.6 Å². The number of nitrogens with two attached hydrogens (primary N) is 1. The third kappa shape index (κ3) is 5.28. The Labute approximate surface area is 161 Å². The summed E-state index contributed by atoms with van der Waals surface area (Å²) in [5.74, 6) is 0.0475. The highest BCUT2D eigenvalue weighted by atomic mass is 16.1. The molecular formula is C24H27N2O+. The number of hydrogen-bond donors (Lipinski definition) is 2. The largest absolute Gasteiger partial charge is 0.347 e. The first kappa shape index (κ1) is 18.9. The molecule has 3 aromatic carbocycles. The summed E-state index contributed by atoms with van der Waals surface area (Å²) in [4.78, 5) is 12.4. The number of nitrogens with one attached hydrogen (secondary N) is 1. The molecule has 0 aromatic heterocycles. The molecule has 0 spiro atoms. The summed E-state index contributed by atoms with van der Waals surface area (Å²) >= 11 is 0. The van der Waals surface area contributed by atoms with Crippen molar-refractivity contribution in [2.75, 3.05) is 6.54 Å². The third-order valence-electron chi connectivity index (χ3n) is 4.87. The number of hydrogen-bond acceptors (Lipinski definition) is 1. The van der Waals surface area contributed by atoms with Crippen LogP contribution in [-0.2, 0) is 11.3 Å². The first-order valence-electron chi connectivity index (χ1n) is 9.39. The van der Waals surface area contributed by atoms with Crippen LogP contribution in [0.3, 0.4) is 0 Å². The maximum atomic E-state index is 12.4.